The lowest BCUT2D eigenvalue weighted by Crippen LogP contribution is -2.10. The van der Waals surface area contributed by atoms with E-state index in [2.05, 4.69) is 0 Å². The average molecular weight is 110 g/mol. The first kappa shape index (κ1) is 5.47. The number of hydrogen-bond donors (Lipinski definition) is 0. The lowest BCUT2D eigenvalue weighted by molar-refractivity contribution is 0.673. The maximum Gasteiger partial charge on any atom is 0.197 e. The fraction of sp³-hybridized carbons (Fsp3) is 1.00. The van der Waals surface area contributed by atoms with E-state index in [0.717, 1.165) is 0 Å². The van der Waals surface area contributed by atoms with Crippen molar-refractivity contribution < 1.29 is 0 Å². The van der Waals surface area contributed by atoms with E-state index < -0.39 is 0 Å². The fourth-order valence-corrected chi connectivity index (χ4v) is 0. The molecule has 5 heavy (non-hydrogen) atoms. The molecule has 0 aliphatic rings. The van der Waals surface area contributed by atoms with Crippen LogP contribution in [0.3, 0.4) is 0 Å². The summed E-state index contributed by atoms with van der Waals surface area (Å²) < 4.78 is 2.03. The van der Waals surface area contributed by atoms with Gasteiger partial charge in [0, 0.05) is 0 Å². The number of rotatable bonds is 1. The van der Waals surface area contributed by atoms with E-state index in [9.17, 15) is 0 Å². The van der Waals surface area contributed by atoms with Crippen molar-refractivity contribution in [3.63, 3.8) is 0 Å². The van der Waals surface area contributed by atoms with Gasteiger partial charge in [-0.15, -0.1) is 0 Å². The first-order valence-corrected chi connectivity index (χ1v) is 4.25. The first-order valence-electron chi connectivity index (χ1n) is 1.48. The van der Waals surface area contributed by atoms with Crippen LogP contribution >= 0.6 is 11.1 Å². The van der Waals surface area contributed by atoms with Crippen molar-refractivity contribution in [1.29, 1.82) is 0 Å². The van der Waals surface area contributed by atoms with Gasteiger partial charge in [0.05, 0.1) is 0 Å². The molecular weight excluding hydrogens is 102 g/mol. The molecule has 0 aliphatic carbocycles. The van der Waals surface area contributed by atoms with E-state index in [1.165, 1.54) is 0 Å². The molecule has 0 spiro atoms. The second kappa shape index (κ2) is 2.69. The summed E-state index contributed by atoms with van der Waals surface area (Å²) in [6, 6.07) is 0. The molecule has 0 aromatic rings. The standard InChI is InChI=1S/C2H8ClNSi/c1-4(2)5-3/h5H2,1-2H3. The lowest BCUT2D eigenvalue weighted by atomic mass is 11.3. The predicted octanol–water partition coefficient (Wildman–Crippen LogP) is -0.214. The molecule has 32 valence electrons. The van der Waals surface area contributed by atoms with Gasteiger partial charge in [-0.1, -0.05) is 0 Å². The number of nitrogens with zero attached hydrogens (tertiary/aromatic N) is 1. The molecule has 0 aromatic heterocycles. The Balaban J connectivity index is 2.54. The molecule has 0 N–H and O–H groups in total. The van der Waals surface area contributed by atoms with Crippen molar-refractivity contribution in [3.8, 4) is 0 Å². The topological polar surface area (TPSA) is 3.24 Å². The molecule has 0 rings (SSSR count). The van der Waals surface area contributed by atoms with Gasteiger partial charge in [-0.25, -0.2) is 0 Å². The first-order chi connectivity index (χ1) is 2.27. The quantitative estimate of drug-likeness (QED) is 0.333. The highest BCUT2D eigenvalue weighted by atomic mass is 35.6. The maximum absolute atomic E-state index is 5.40. The minimum atomic E-state index is -0.346. The van der Waals surface area contributed by atoms with Crippen molar-refractivity contribution in [2.75, 3.05) is 14.1 Å². The number of hydrogen-bond acceptors (Lipinski definition) is 1. The highest BCUT2D eigenvalue weighted by molar-refractivity contribution is 6.91. The van der Waals surface area contributed by atoms with Crippen LogP contribution < -0.4 is 0 Å². The molecule has 0 aromatic carbocycles. The molecule has 1 nitrogen and oxygen atoms in total. The molecule has 0 fully saturated rings. The van der Waals surface area contributed by atoms with Crippen molar-refractivity contribution in [2.24, 2.45) is 0 Å². The second-order valence-corrected chi connectivity index (χ2v) is 3.42. The van der Waals surface area contributed by atoms with Crippen LogP contribution in [0.25, 0.3) is 0 Å². The Labute approximate surface area is 39.5 Å². The molecule has 0 atom stereocenters. The highest BCUT2D eigenvalue weighted by Crippen LogP contribution is 1.69. The zero-order valence-corrected chi connectivity index (χ0v) is 5.70. The van der Waals surface area contributed by atoms with Crippen molar-refractivity contribution in [1.82, 2.24) is 4.57 Å². The smallest absolute Gasteiger partial charge is 0.197 e. The van der Waals surface area contributed by atoms with Gasteiger partial charge in [0.25, 0.3) is 0 Å². The maximum atomic E-state index is 5.40. The Bertz CT molecular complexity index is 23.6. The van der Waals surface area contributed by atoms with Gasteiger partial charge in [0.2, 0.25) is 0 Å². The lowest BCUT2D eigenvalue weighted by Gasteiger charge is -1.97. The molecule has 0 amide bonds. The summed E-state index contributed by atoms with van der Waals surface area (Å²) in [7, 11) is 3.62. The highest BCUT2D eigenvalue weighted by Gasteiger charge is 1.76. The summed E-state index contributed by atoms with van der Waals surface area (Å²) in [5, 5.41) is 0. The third kappa shape index (κ3) is 4.47. The van der Waals surface area contributed by atoms with E-state index in [1.54, 1.807) is 0 Å². The SMILES string of the molecule is CN(C)[SiH2]Cl. The van der Waals surface area contributed by atoms with Crippen molar-refractivity contribution in [3.05, 3.63) is 0 Å². The molecule has 0 saturated heterocycles. The Morgan fingerprint density at radius 2 is 1.80 bits per heavy atom. The largest absolute Gasteiger partial charge is 0.322 e. The molecule has 0 saturated carbocycles. The van der Waals surface area contributed by atoms with Crippen LogP contribution in [-0.4, -0.2) is 27.7 Å². The molecule has 0 bridgehead atoms. The van der Waals surface area contributed by atoms with Gasteiger partial charge in [-0.2, -0.15) is 11.1 Å². The van der Waals surface area contributed by atoms with Gasteiger partial charge in [-0.05, 0) is 14.1 Å². The van der Waals surface area contributed by atoms with Crippen LogP contribution in [0.15, 0.2) is 0 Å². The molecule has 0 heterocycles. The Morgan fingerprint density at radius 1 is 1.60 bits per heavy atom. The summed E-state index contributed by atoms with van der Waals surface area (Å²) in [6.07, 6.45) is 0. The monoisotopic (exact) mass is 109 g/mol. The average Bonchev–Trinajstić information content (AvgIpc) is 1.38. The van der Waals surface area contributed by atoms with Gasteiger partial charge in [0.1, 0.15) is 0 Å². The fourth-order valence-electron chi connectivity index (χ4n) is 0. The molecule has 3 heteroatoms. The molecular formula is C2H8ClNSi. The third-order valence-electron chi connectivity index (χ3n) is 0.239. The zero-order valence-electron chi connectivity index (χ0n) is 3.53. The van der Waals surface area contributed by atoms with E-state index in [4.69, 9.17) is 11.1 Å². The minimum Gasteiger partial charge on any atom is -0.322 e. The third-order valence-corrected chi connectivity index (χ3v) is 2.15. The Kier molecular flexibility index (Phi) is 2.94. The summed E-state index contributed by atoms with van der Waals surface area (Å²) in [6.45, 7) is 0. The van der Waals surface area contributed by atoms with E-state index in [0.29, 0.717) is 0 Å². The predicted molar refractivity (Wildman–Crippen MR) is 28.1 cm³/mol. The summed E-state index contributed by atoms with van der Waals surface area (Å²) in [5.41, 5.74) is 0. The van der Waals surface area contributed by atoms with Crippen LogP contribution in [0.1, 0.15) is 0 Å². The van der Waals surface area contributed by atoms with Gasteiger partial charge in [-0.3, -0.25) is 0 Å². The van der Waals surface area contributed by atoms with Crippen LogP contribution in [0, 0.1) is 0 Å². The van der Waals surface area contributed by atoms with Crippen LogP contribution in [0.5, 0.6) is 0 Å². The number of halogens is 1. The molecule has 0 unspecified atom stereocenters. The van der Waals surface area contributed by atoms with Crippen LogP contribution in [-0.2, 0) is 0 Å². The molecule has 0 aliphatic heterocycles. The second-order valence-electron chi connectivity index (χ2n) is 1.20. The molecule has 0 radical (unpaired) electrons. The van der Waals surface area contributed by atoms with Gasteiger partial charge >= 0.3 is 0 Å². The van der Waals surface area contributed by atoms with Crippen molar-refractivity contribution in [2.45, 2.75) is 0 Å². The minimum absolute atomic E-state index is 0.346. The van der Waals surface area contributed by atoms with E-state index >= 15 is 0 Å². The zero-order chi connectivity index (χ0) is 4.28. The van der Waals surface area contributed by atoms with E-state index in [1.807, 2.05) is 18.7 Å². The normalized spacial score (nSPS) is 12.0. The Morgan fingerprint density at radius 3 is 1.80 bits per heavy atom. The summed E-state index contributed by atoms with van der Waals surface area (Å²) >= 11 is 5.40. The van der Waals surface area contributed by atoms with Crippen LogP contribution in [0.2, 0.25) is 0 Å². The van der Waals surface area contributed by atoms with E-state index in [-0.39, 0.29) is 8.99 Å². The van der Waals surface area contributed by atoms with Gasteiger partial charge in [0.15, 0.2) is 8.99 Å². The van der Waals surface area contributed by atoms with Gasteiger partial charge < -0.3 is 4.57 Å². The van der Waals surface area contributed by atoms with Crippen molar-refractivity contribution >= 4 is 20.1 Å². The Hall–Kier alpha value is 0.467. The summed E-state index contributed by atoms with van der Waals surface area (Å²) in [5.74, 6) is 0. The summed E-state index contributed by atoms with van der Waals surface area (Å²) in [4.78, 5) is 0. The van der Waals surface area contributed by atoms with Crippen LogP contribution in [0.4, 0.5) is 0 Å².